The van der Waals surface area contributed by atoms with Crippen molar-refractivity contribution in [1.29, 1.82) is 0 Å². The van der Waals surface area contributed by atoms with Gasteiger partial charge in [0.1, 0.15) is 11.0 Å². The van der Waals surface area contributed by atoms with E-state index in [4.69, 9.17) is 16.3 Å². The maximum Gasteiger partial charge on any atom is 0.144 e. The van der Waals surface area contributed by atoms with Gasteiger partial charge in [-0.05, 0) is 38.8 Å². The monoisotopic (exact) mass is 269 g/mol. The summed E-state index contributed by atoms with van der Waals surface area (Å²) in [6.45, 7) is 5.54. The second kappa shape index (κ2) is 6.45. The Bertz CT molecular complexity index is 374. The lowest BCUT2D eigenvalue weighted by Crippen LogP contribution is -2.29. The largest absolute Gasteiger partial charge is 0.381 e. The van der Waals surface area contributed by atoms with Gasteiger partial charge in [0.15, 0.2) is 0 Å². The summed E-state index contributed by atoms with van der Waals surface area (Å²) in [5.74, 6) is 1.53. The van der Waals surface area contributed by atoms with E-state index in [0.717, 1.165) is 56.6 Å². The Morgan fingerprint density at radius 2 is 2.11 bits per heavy atom. The molecule has 0 atom stereocenters. The predicted molar refractivity (Wildman–Crippen MR) is 71.7 cm³/mol. The third-order valence-corrected chi connectivity index (χ3v) is 3.38. The van der Waals surface area contributed by atoms with Crippen LogP contribution in [-0.4, -0.2) is 41.7 Å². The van der Waals surface area contributed by atoms with Crippen LogP contribution in [0.1, 0.15) is 24.4 Å². The summed E-state index contributed by atoms with van der Waals surface area (Å²) >= 11 is 5.94. The highest BCUT2D eigenvalue weighted by molar-refractivity contribution is 6.29. The fraction of sp³-hybridized carbons (Fsp3) is 0.692. The van der Waals surface area contributed by atoms with Gasteiger partial charge in [-0.15, -0.1) is 0 Å². The molecule has 1 aliphatic rings. The van der Waals surface area contributed by atoms with Gasteiger partial charge in [-0.1, -0.05) is 11.6 Å². The molecule has 0 bridgehead atoms. The first-order valence-corrected chi connectivity index (χ1v) is 6.77. The molecule has 4 nitrogen and oxygen atoms in total. The number of hydrogen-bond acceptors (Lipinski definition) is 4. The molecule has 0 amide bonds. The summed E-state index contributed by atoms with van der Waals surface area (Å²) in [6.07, 6.45) is 2.31. The minimum Gasteiger partial charge on any atom is -0.381 e. The average molecular weight is 270 g/mol. The van der Waals surface area contributed by atoms with E-state index in [9.17, 15) is 0 Å². The van der Waals surface area contributed by atoms with Crippen molar-refractivity contribution in [2.75, 3.05) is 26.8 Å². The molecule has 5 heteroatoms. The zero-order chi connectivity index (χ0) is 13.0. The lowest BCUT2D eigenvalue weighted by atomic mass is 10.00. The van der Waals surface area contributed by atoms with Crippen molar-refractivity contribution >= 4 is 11.6 Å². The van der Waals surface area contributed by atoms with E-state index < -0.39 is 0 Å². The molecule has 1 aromatic rings. The van der Waals surface area contributed by atoms with Crippen LogP contribution in [0, 0.1) is 12.8 Å². The molecule has 0 aliphatic carbocycles. The molecular weight excluding hydrogens is 250 g/mol. The molecule has 18 heavy (non-hydrogen) atoms. The molecule has 0 N–H and O–H groups in total. The Morgan fingerprint density at radius 1 is 1.39 bits per heavy atom. The number of halogens is 1. The van der Waals surface area contributed by atoms with Crippen LogP contribution in [-0.2, 0) is 11.3 Å². The van der Waals surface area contributed by atoms with Gasteiger partial charge in [0.25, 0.3) is 0 Å². The predicted octanol–water partition coefficient (Wildman–Crippen LogP) is 2.30. The van der Waals surface area contributed by atoms with Crippen LogP contribution in [0.4, 0.5) is 0 Å². The van der Waals surface area contributed by atoms with Gasteiger partial charge in [-0.25, -0.2) is 9.97 Å². The lowest BCUT2D eigenvalue weighted by Gasteiger charge is -2.26. The fourth-order valence-electron chi connectivity index (χ4n) is 2.34. The van der Waals surface area contributed by atoms with Gasteiger partial charge < -0.3 is 4.74 Å². The third-order valence-electron chi connectivity index (χ3n) is 3.19. The van der Waals surface area contributed by atoms with Gasteiger partial charge in [0.2, 0.25) is 0 Å². The van der Waals surface area contributed by atoms with Crippen LogP contribution in [0.15, 0.2) is 6.07 Å². The van der Waals surface area contributed by atoms with Gasteiger partial charge >= 0.3 is 0 Å². The van der Waals surface area contributed by atoms with Crippen molar-refractivity contribution in [2.45, 2.75) is 26.3 Å². The third kappa shape index (κ3) is 4.19. The summed E-state index contributed by atoms with van der Waals surface area (Å²) in [5.41, 5.74) is 0.921. The van der Waals surface area contributed by atoms with E-state index in [1.54, 1.807) is 6.07 Å². The Labute approximate surface area is 113 Å². The molecule has 1 aromatic heterocycles. The van der Waals surface area contributed by atoms with Gasteiger partial charge in [0.05, 0.1) is 6.54 Å². The van der Waals surface area contributed by atoms with Gasteiger partial charge in [0, 0.05) is 25.5 Å². The molecule has 1 saturated heterocycles. The zero-order valence-corrected chi connectivity index (χ0v) is 11.8. The molecule has 1 aliphatic heterocycles. The smallest absolute Gasteiger partial charge is 0.144 e. The molecule has 0 spiro atoms. The van der Waals surface area contributed by atoms with Crippen molar-refractivity contribution < 1.29 is 4.74 Å². The Balaban J connectivity index is 1.87. The van der Waals surface area contributed by atoms with Crippen LogP contribution in [0.25, 0.3) is 0 Å². The van der Waals surface area contributed by atoms with Crippen molar-refractivity contribution in [3.05, 3.63) is 22.7 Å². The number of aryl methyl sites for hydroxylation is 1. The summed E-state index contributed by atoms with van der Waals surface area (Å²) in [7, 11) is 2.11. The standard InChI is InChI=1S/C13H20ClN3O/c1-10-7-12(14)16-13(15-10)9-17(2)8-11-3-5-18-6-4-11/h7,11H,3-6,8-9H2,1-2H3. The van der Waals surface area contributed by atoms with Crippen LogP contribution in [0.3, 0.4) is 0 Å². The quantitative estimate of drug-likeness (QED) is 0.786. The van der Waals surface area contributed by atoms with Crippen molar-refractivity contribution in [3.63, 3.8) is 0 Å². The Morgan fingerprint density at radius 3 is 2.78 bits per heavy atom. The number of rotatable bonds is 4. The van der Waals surface area contributed by atoms with Crippen LogP contribution in [0.2, 0.25) is 5.15 Å². The van der Waals surface area contributed by atoms with Gasteiger partial charge in [-0.3, -0.25) is 4.90 Å². The normalized spacial score (nSPS) is 17.3. The Kier molecular flexibility index (Phi) is 4.92. The molecule has 2 heterocycles. The molecule has 0 saturated carbocycles. The maximum absolute atomic E-state index is 5.94. The van der Waals surface area contributed by atoms with E-state index in [0.29, 0.717) is 5.15 Å². The van der Waals surface area contributed by atoms with Crippen molar-refractivity contribution in [3.8, 4) is 0 Å². The molecule has 0 radical (unpaired) electrons. The highest BCUT2D eigenvalue weighted by Crippen LogP contribution is 2.16. The second-order valence-electron chi connectivity index (χ2n) is 5.00. The first-order valence-electron chi connectivity index (χ1n) is 6.40. The summed E-state index contributed by atoms with van der Waals surface area (Å²) in [4.78, 5) is 10.9. The molecule has 0 aromatic carbocycles. The fourth-order valence-corrected chi connectivity index (χ4v) is 2.59. The molecule has 0 unspecified atom stereocenters. The molecule has 1 fully saturated rings. The molecule has 2 rings (SSSR count). The van der Waals surface area contributed by atoms with Crippen molar-refractivity contribution in [1.82, 2.24) is 14.9 Å². The van der Waals surface area contributed by atoms with Gasteiger partial charge in [-0.2, -0.15) is 0 Å². The van der Waals surface area contributed by atoms with E-state index >= 15 is 0 Å². The van der Waals surface area contributed by atoms with Crippen LogP contribution >= 0.6 is 11.6 Å². The number of ether oxygens (including phenoxy) is 1. The van der Waals surface area contributed by atoms with Crippen LogP contribution < -0.4 is 0 Å². The highest BCUT2D eigenvalue weighted by atomic mass is 35.5. The van der Waals surface area contributed by atoms with Crippen molar-refractivity contribution in [2.24, 2.45) is 5.92 Å². The van der Waals surface area contributed by atoms with E-state index in [1.165, 1.54) is 0 Å². The first-order chi connectivity index (χ1) is 8.63. The second-order valence-corrected chi connectivity index (χ2v) is 5.39. The van der Waals surface area contributed by atoms with E-state index in [2.05, 4.69) is 21.9 Å². The molecule has 100 valence electrons. The highest BCUT2D eigenvalue weighted by Gasteiger charge is 2.16. The SMILES string of the molecule is Cc1cc(Cl)nc(CN(C)CC2CCOCC2)n1. The lowest BCUT2D eigenvalue weighted by molar-refractivity contribution is 0.0547. The minimum atomic E-state index is 0.525. The number of nitrogens with zero attached hydrogens (tertiary/aromatic N) is 3. The topological polar surface area (TPSA) is 38.2 Å². The first kappa shape index (κ1) is 13.7. The Hall–Kier alpha value is -0.710. The number of aromatic nitrogens is 2. The molecular formula is C13H20ClN3O. The maximum atomic E-state index is 5.94. The summed E-state index contributed by atoms with van der Waals surface area (Å²) in [6, 6.07) is 1.78. The van der Waals surface area contributed by atoms with E-state index in [-0.39, 0.29) is 0 Å². The van der Waals surface area contributed by atoms with E-state index in [1.807, 2.05) is 6.92 Å². The summed E-state index contributed by atoms with van der Waals surface area (Å²) < 4.78 is 5.37. The van der Waals surface area contributed by atoms with Crippen LogP contribution in [0.5, 0.6) is 0 Å². The average Bonchev–Trinajstić information content (AvgIpc) is 2.28. The number of hydrogen-bond donors (Lipinski definition) is 0. The zero-order valence-electron chi connectivity index (χ0n) is 11.0. The minimum absolute atomic E-state index is 0.525. The summed E-state index contributed by atoms with van der Waals surface area (Å²) in [5, 5.41) is 0.525.